The van der Waals surface area contributed by atoms with Crippen molar-refractivity contribution in [2.75, 3.05) is 7.11 Å². The van der Waals surface area contributed by atoms with Crippen LogP contribution in [-0.4, -0.2) is 42.8 Å². The highest BCUT2D eigenvalue weighted by Crippen LogP contribution is 2.22. The quantitative estimate of drug-likeness (QED) is 0.431. The van der Waals surface area contributed by atoms with Crippen LogP contribution in [0, 0.1) is 5.82 Å². The van der Waals surface area contributed by atoms with Gasteiger partial charge in [-0.05, 0) is 40.2 Å². The number of benzene rings is 1. The summed E-state index contributed by atoms with van der Waals surface area (Å²) in [7, 11) is 1.39. The van der Waals surface area contributed by atoms with Crippen molar-refractivity contribution in [1.82, 2.24) is 35.1 Å². The Bertz CT molecular complexity index is 1260. The van der Waals surface area contributed by atoms with E-state index < -0.39 is 11.7 Å². The van der Waals surface area contributed by atoms with Crippen LogP contribution in [0.1, 0.15) is 16.2 Å². The zero-order valence-corrected chi connectivity index (χ0v) is 18.3. The predicted octanol–water partition coefficient (Wildman–Crippen LogP) is 3.34. The molecule has 0 saturated carbocycles. The summed E-state index contributed by atoms with van der Waals surface area (Å²) in [5.41, 5.74) is 1.18. The molecule has 1 N–H and O–H groups in total. The minimum Gasteiger partial charge on any atom is -0.494 e. The number of hydrogen-bond donors (Lipinski definition) is 1. The number of ether oxygens (including phenoxy) is 1. The summed E-state index contributed by atoms with van der Waals surface area (Å²) in [5, 5.41) is 15.3. The van der Waals surface area contributed by atoms with Crippen molar-refractivity contribution >= 4 is 33.4 Å². The number of carbonyl (C=O) groups is 1. The van der Waals surface area contributed by atoms with Crippen LogP contribution >= 0.6 is 27.5 Å². The summed E-state index contributed by atoms with van der Waals surface area (Å²) in [4.78, 5) is 16.9. The van der Waals surface area contributed by atoms with E-state index in [4.69, 9.17) is 16.3 Å². The highest BCUT2D eigenvalue weighted by molar-refractivity contribution is 9.10. The summed E-state index contributed by atoms with van der Waals surface area (Å²) >= 11 is 9.45. The van der Waals surface area contributed by atoms with E-state index in [1.807, 2.05) is 0 Å². The zero-order chi connectivity index (χ0) is 22.0. The molecular formula is C19H14BrClFN7O2. The number of nitrogens with one attached hydrogen (secondary N) is 1. The van der Waals surface area contributed by atoms with Crippen LogP contribution in [0.5, 0.6) is 5.75 Å². The number of aromatic nitrogens is 6. The van der Waals surface area contributed by atoms with Gasteiger partial charge < -0.3 is 10.1 Å². The molecule has 1 amide bonds. The summed E-state index contributed by atoms with van der Waals surface area (Å²) in [6, 6.07) is 9.31. The lowest BCUT2D eigenvalue weighted by Crippen LogP contribution is -2.26. The van der Waals surface area contributed by atoms with Gasteiger partial charge in [-0.25, -0.2) is 18.7 Å². The first-order valence-corrected chi connectivity index (χ1v) is 10.0. The fourth-order valence-electron chi connectivity index (χ4n) is 2.77. The second kappa shape index (κ2) is 8.82. The van der Waals surface area contributed by atoms with E-state index in [-0.39, 0.29) is 18.0 Å². The molecule has 0 saturated heterocycles. The Morgan fingerprint density at radius 2 is 2.16 bits per heavy atom. The van der Waals surface area contributed by atoms with Gasteiger partial charge in [0.15, 0.2) is 17.4 Å². The molecule has 1 aromatic carbocycles. The molecule has 0 bridgehead atoms. The highest BCUT2D eigenvalue weighted by atomic mass is 79.9. The van der Waals surface area contributed by atoms with Crippen molar-refractivity contribution in [2.24, 2.45) is 0 Å². The van der Waals surface area contributed by atoms with Crippen molar-refractivity contribution in [3.8, 4) is 17.3 Å². The highest BCUT2D eigenvalue weighted by Gasteiger charge is 2.19. The molecule has 158 valence electrons. The number of hydrogen-bond acceptors (Lipinski definition) is 6. The van der Waals surface area contributed by atoms with Crippen molar-refractivity contribution < 1.29 is 13.9 Å². The molecule has 0 unspecified atom stereocenters. The number of halogens is 3. The molecule has 0 aliphatic rings. The molecule has 31 heavy (non-hydrogen) atoms. The Morgan fingerprint density at radius 1 is 1.32 bits per heavy atom. The van der Waals surface area contributed by atoms with Crippen molar-refractivity contribution in [2.45, 2.75) is 6.54 Å². The standard InChI is InChI=1S/C19H14BrClFN7O2/c1-31-16-5-4-12(7-14(16)22)28-10-11(25-27-28)9-24-19(30)15-8-17(20)26-29(15)18-13(21)3-2-6-23-18/h2-8,10H,9H2,1H3,(H,24,30). The molecular weight excluding hydrogens is 493 g/mol. The largest absolute Gasteiger partial charge is 0.494 e. The lowest BCUT2D eigenvalue weighted by atomic mass is 10.3. The Morgan fingerprint density at radius 3 is 2.90 bits per heavy atom. The smallest absolute Gasteiger partial charge is 0.270 e. The van der Waals surface area contributed by atoms with Gasteiger partial charge in [0, 0.05) is 18.3 Å². The van der Waals surface area contributed by atoms with Crippen LogP contribution in [0.4, 0.5) is 4.39 Å². The van der Waals surface area contributed by atoms with E-state index in [0.29, 0.717) is 26.8 Å². The van der Waals surface area contributed by atoms with Gasteiger partial charge in [0.25, 0.3) is 5.91 Å². The third-order valence-electron chi connectivity index (χ3n) is 4.22. The normalized spacial score (nSPS) is 10.8. The van der Waals surface area contributed by atoms with Crippen molar-refractivity contribution in [3.63, 3.8) is 0 Å². The second-order valence-corrected chi connectivity index (χ2v) is 7.45. The number of methoxy groups -OCH3 is 1. The van der Waals surface area contributed by atoms with Gasteiger partial charge in [-0.15, -0.1) is 5.10 Å². The SMILES string of the molecule is COc1ccc(-n2cc(CNC(=O)c3cc(Br)nn3-c3ncccc3Cl)nn2)cc1F. The molecule has 0 atom stereocenters. The minimum atomic E-state index is -0.516. The number of nitrogens with zero attached hydrogens (tertiary/aromatic N) is 6. The van der Waals surface area contributed by atoms with E-state index in [2.05, 4.69) is 41.6 Å². The maximum atomic E-state index is 13.9. The van der Waals surface area contributed by atoms with Gasteiger partial charge in [0.05, 0.1) is 30.6 Å². The molecule has 0 spiro atoms. The lowest BCUT2D eigenvalue weighted by molar-refractivity contribution is 0.0942. The fraction of sp³-hybridized carbons (Fsp3) is 0.105. The van der Waals surface area contributed by atoms with Gasteiger partial charge in [-0.1, -0.05) is 16.8 Å². The van der Waals surface area contributed by atoms with Crippen LogP contribution in [0.15, 0.2) is 53.4 Å². The molecule has 3 heterocycles. The van der Waals surface area contributed by atoms with E-state index in [9.17, 15) is 9.18 Å². The molecule has 4 rings (SSSR count). The van der Waals surface area contributed by atoms with Gasteiger partial charge in [-0.3, -0.25) is 4.79 Å². The summed E-state index contributed by atoms with van der Waals surface area (Å²) in [6.45, 7) is 0.0935. The first-order chi connectivity index (χ1) is 15.0. The van der Waals surface area contributed by atoms with Crippen LogP contribution in [-0.2, 0) is 6.54 Å². The molecule has 9 nitrogen and oxygen atoms in total. The van der Waals surface area contributed by atoms with Crippen LogP contribution in [0.25, 0.3) is 11.5 Å². The van der Waals surface area contributed by atoms with Crippen molar-refractivity contribution in [3.05, 3.63) is 75.6 Å². The predicted molar refractivity (Wildman–Crippen MR) is 113 cm³/mol. The Hall–Kier alpha value is -3.31. The number of pyridine rings is 1. The zero-order valence-electron chi connectivity index (χ0n) is 16.0. The first kappa shape index (κ1) is 20.9. The Kier molecular flexibility index (Phi) is 5.96. The summed E-state index contributed by atoms with van der Waals surface area (Å²) < 4.78 is 22.0. The monoisotopic (exact) mass is 505 g/mol. The molecule has 0 fully saturated rings. The molecule has 3 aromatic heterocycles. The third kappa shape index (κ3) is 4.42. The third-order valence-corrected chi connectivity index (χ3v) is 4.91. The van der Waals surface area contributed by atoms with Gasteiger partial charge in [0.2, 0.25) is 0 Å². The topological polar surface area (TPSA) is 99.8 Å². The average Bonchev–Trinajstić information content (AvgIpc) is 3.39. The Balaban J connectivity index is 1.50. The number of rotatable bonds is 6. The van der Waals surface area contributed by atoms with Crippen LogP contribution in [0.2, 0.25) is 5.02 Å². The molecule has 0 aliphatic heterocycles. The molecule has 12 heteroatoms. The van der Waals surface area contributed by atoms with E-state index in [0.717, 1.165) is 0 Å². The summed E-state index contributed by atoms with van der Waals surface area (Å²) in [5.74, 6) is -0.470. The molecule has 0 radical (unpaired) electrons. The maximum absolute atomic E-state index is 13.9. The van der Waals surface area contributed by atoms with Gasteiger partial charge >= 0.3 is 0 Å². The van der Waals surface area contributed by atoms with Crippen LogP contribution < -0.4 is 10.1 Å². The van der Waals surface area contributed by atoms with E-state index in [1.54, 1.807) is 36.7 Å². The van der Waals surface area contributed by atoms with Gasteiger partial charge in [0.1, 0.15) is 16.0 Å². The molecule has 0 aliphatic carbocycles. The number of amides is 1. The first-order valence-electron chi connectivity index (χ1n) is 8.86. The minimum absolute atomic E-state index is 0.0935. The fourth-order valence-corrected chi connectivity index (χ4v) is 3.35. The van der Waals surface area contributed by atoms with Gasteiger partial charge in [-0.2, -0.15) is 5.10 Å². The lowest BCUT2D eigenvalue weighted by Gasteiger charge is -2.08. The van der Waals surface area contributed by atoms with E-state index >= 15 is 0 Å². The second-order valence-electron chi connectivity index (χ2n) is 6.23. The number of carbonyl (C=O) groups excluding carboxylic acids is 1. The summed E-state index contributed by atoms with van der Waals surface area (Å²) in [6.07, 6.45) is 3.14. The maximum Gasteiger partial charge on any atom is 0.270 e. The van der Waals surface area contributed by atoms with E-state index in [1.165, 1.54) is 28.6 Å². The van der Waals surface area contributed by atoms with Crippen molar-refractivity contribution in [1.29, 1.82) is 0 Å². The Labute approximate surface area is 188 Å². The van der Waals surface area contributed by atoms with Crippen LogP contribution in [0.3, 0.4) is 0 Å². The molecule has 4 aromatic rings. The average molecular weight is 507 g/mol.